The summed E-state index contributed by atoms with van der Waals surface area (Å²) in [5.41, 5.74) is 7.41. The van der Waals surface area contributed by atoms with E-state index in [-0.39, 0.29) is 5.84 Å². The van der Waals surface area contributed by atoms with Crippen LogP contribution in [0.2, 0.25) is 0 Å². The van der Waals surface area contributed by atoms with Crippen LogP contribution in [-0.4, -0.2) is 22.6 Å². The second-order valence-electron chi connectivity index (χ2n) is 4.44. The van der Waals surface area contributed by atoms with Gasteiger partial charge in [-0.15, -0.1) is 0 Å². The predicted molar refractivity (Wildman–Crippen MR) is 84.7 cm³/mol. The normalized spacial score (nSPS) is 11.4. The molecule has 5 nitrogen and oxygen atoms in total. The number of nitrogens with two attached hydrogens (primary N) is 1. The Labute approximate surface area is 131 Å². The molecule has 0 aliphatic rings. The molecule has 0 radical (unpaired) electrons. The molecule has 0 fully saturated rings. The Bertz CT molecular complexity index is 618. The second-order valence-corrected chi connectivity index (χ2v) is 5.29. The van der Waals surface area contributed by atoms with Crippen LogP contribution in [-0.2, 0) is 6.42 Å². The first-order chi connectivity index (χ1) is 10.2. The third-order valence-electron chi connectivity index (χ3n) is 2.95. The molecule has 6 heteroatoms. The standard InChI is InChI=1S/C15H16BrN3O2/c16-13-10-12(15(17)19-20)3-4-14(13)21-9-1-2-11-5-7-18-8-6-11/h3-8,10,20H,1-2,9H2,(H2,17,19). The summed E-state index contributed by atoms with van der Waals surface area (Å²) in [6, 6.07) is 9.30. The molecule has 0 bridgehead atoms. The monoisotopic (exact) mass is 349 g/mol. The predicted octanol–water partition coefficient (Wildman–Crippen LogP) is 2.95. The van der Waals surface area contributed by atoms with Crippen LogP contribution < -0.4 is 10.5 Å². The summed E-state index contributed by atoms with van der Waals surface area (Å²) in [6.45, 7) is 0.615. The zero-order valence-corrected chi connectivity index (χ0v) is 13.0. The van der Waals surface area contributed by atoms with Crippen molar-refractivity contribution in [3.05, 3.63) is 58.3 Å². The average molecular weight is 350 g/mol. The first-order valence-electron chi connectivity index (χ1n) is 6.50. The Morgan fingerprint density at radius 1 is 1.29 bits per heavy atom. The molecule has 0 saturated heterocycles. The number of halogens is 1. The maximum atomic E-state index is 8.64. The van der Waals surface area contributed by atoms with Crippen molar-refractivity contribution in [1.82, 2.24) is 4.98 Å². The van der Waals surface area contributed by atoms with Crippen molar-refractivity contribution in [3.63, 3.8) is 0 Å². The average Bonchev–Trinajstić information content (AvgIpc) is 2.53. The smallest absolute Gasteiger partial charge is 0.170 e. The Balaban J connectivity index is 1.86. The minimum atomic E-state index is 0.0694. The molecule has 0 atom stereocenters. The van der Waals surface area contributed by atoms with Crippen molar-refractivity contribution in [2.24, 2.45) is 10.9 Å². The summed E-state index contributed by atoms with van der Waals surface area (Å²) < 4.78 is 6.49. The van der Waals surface area contributed by atoms with E-state index in [1.165, 1.54) is 5.56 Å². The van der Waals surface area contributed by atoms with Gasteiger partial charge in [-0.25, -0.2) is 0 Å². The largest absolute Gasteiger partial charge is 0.492 e. The number of pyridine rings is 1. The lowest BCUT2D eigenvalue weighted by Crippen LogP contribution is -2.13. The molecule has 0 aliphatic heterocycles. The van der Waals surface area contributed by atoms with Crippen LogP contribution in [0.3, 0.4) is 0 Å². The zero-order chi connectivity index (χ0) is 15.1. The van der Waals surface area contributed by atoms with E-state index in [4.69, 9.17) is 15.7 Å². The van der Waals surface area contributed by atoms with Crippen LogP contribution in [0.5, 0.6) is 5.75 Å². The number of rotatable bonds is 6. The molecular formula is C15H16BrN3O2. The first-order valence-corrected chi connectivity index (χ1v) is 7.29. The fourth-order valence-electron chi connectivity index (χ4n) is 1.84. The quantitative estimate of drug-likeness (QED) is 0.276. The summed E-state index contributed by atoms with van der Waals surface area (Å²) in [7, 11) is 0. The van der Waals surface area contributed by atoms with Crippen molar-refractivity contribution in [3.8, 4) is 5.75 Å². The van der Waals surface area contributed by atoms with Crippen molar-refractivity contribution in [1.29, 1.82) is 0 Å². The number of hydrogen-bond donors (Lipinski definition) is 2. The number of oxime groups is 1. The molecule has 3 N–H and O–H groups in total. The highest BCUT2D eigenvalue weighted by atomic mass is 79.9. The molecule has 21 heavy (non-hydrogen) atoms. The minimum Gasteiger partial charge on any atom is -0.492 e. The Morgan fingerprint density at radius 3 is 2.71 bits per heavy atom. The van der Waals surface area contributed by atoms with Gasteiger partial charge in [-0.3, -0.25) is 4.98 Å². The van der Waals surface area contributed by atoms with Gasteiger partial charge in [0, 0.05) is 18.0 Å². The van der Waals surface area contributed by atoms with Gasteiger partial charge in [0.2, 0.25) is 0 Å². The van der Waals surface area contributed by atoms with Crippen molar-refractivity contribution in [2.45, 2.75) is 12.8 Å². The van der Waals surface area contributed by atoms with E-state index in [2.05, 4.69) is 26.1 Å². The lowest BCUT2D eigenvalue weighted by Gasteiger charge is -2.09. The summed E-state index contributed by atoms with van der Waals surface area (Å²) in [5.74, 6) is 0.805. The number of amidine groups is 1. The molecule has 1 aromatic carbocycles. The van der Waals surface area contributed by atoms with E-state index < -0.39 is 0 Å². The van der Waals surface area contributed by atoms with E-state index in [9.17, 15) is 0 Å². The fourth-order valence-corrected chi connectivity index (χ4v) is 2.34. The second kappa shape index (κ2) is 7.64. The van der Waals surface area contributed by atoms with Crippen LogP contribution >= 0.6 is 15.9 Å². The molecule has 110 valence electrons. The highest BCUT2D eigenvalue weighted by Gasteiger charge is 2.05. The lowest BCUT2D eigenvalue weighted by molar-refractivity contribution is 0.309. The number of nitrogens with zero attached hydrogens (tertiary/aromatic N) is 2. The van der Waals surface area contributed by atoms with Gasteiger partial charge in [0.1, 0.15) is 5.75 Å². The first kappa shape index (κ1) is 15.3. The highest BCUT2D eigenvalue weighted by Crippen LogP contribution is 2.26. The van der Waals surface area contributed by atoms with E-state index in [0.717, 1.165) is 23.1 Å². The Morgan fingerprint density at radius 2 is 2.05 bits per heavy atom. The van der Waals surface area contributed by atoms with Gasteiger partial charge >= 0.3 is 0 Å². The van der Waals surface area contributed by atoms with Crippen LogP contribution in [0.1, 0.15) is 17.5 Å². The SMILES string of the molecule is N/C(=N/O)c1ccc(OCCCc2ccncc2)c(Br)c1. The molecule has 0 aliphatic carbocycles. The third kappa shape index (κ3) is 4.46. The molecule has 2 aromatic rings. The van der Waals surface area contributed by atoms with Crippen molar-refractivity contribution in [2.75, 3.05) is 6.61 Å². The number of ether oxygens (including phenoxy) is 1. The maximum absolute atomic E-state index is 8.64. The minimum absolute atomic E-state index is 0.0694. The van der Waals surface area contributed by atoms with Crippen molar-refractivity contribution >= 4 is 21.8 Å². The van der Waals surface area contributed by atoms with Crippen LogP contribution in [0.15, 0.2) is 52.4 Å². The molecule has 0 unspecified atom stereocenters. The lowest BCUT2D eigenvalue weighted by atomic mass is 10.1. The van der Waals surface area contributed by atoms with Crippen LogP contribution in [0.4, 0.5) is 0 Å². The molecule has 0 spiro atoms. The molecular weight excluding hydrogens is 334 g/mol. The number of hydrogen-bond acceptors (Lipinski definition) is 4. The summed E-state index contributed by atoms with van der Waals surface area (Å²) in [4.78, 5) is 3.99. The van der Waals surface area contributed by atoms with Gasteiger partial charge in [-0.05, 0) is 64.7 Å². The number of aromatic nitrogens is 1. The van der Waals surface area contributed by atoms with E-state index >= 15 is 0 Å². The van der Waals surface area contributed by atoms with Gasteiger partial charge in [0.25, 0.3) is 0 Å². The van der Waals surface area contributed by atoms with Gasteiger partial charge in [0.15, 0.2) is 5.84 Å². The summed E-state index contributed by atoms with van der Waals surface area (Å²) in [5, 5.41) is 11.6. The number of aryl methyl sites for hydroxylation is 1. The van der Waals surface area contributed by atoms with Gasteiger partial charge in [-0.1, -0.05) is 5.16 Å². The number of benzene rings is 1. The molecule has 1 aromatic heterocycles. The van der Waals surface area contributed by atoms with E-state index in [1.54, 1.807) is 30.6 Å². The summed E-state index contributed by atoms with van der Waals surface area (Å²) >= 11 is 3.42. The van der Waals surface area contributed by atoms with Gasteiger partial charge in [0.05, 0.1) is 11.1 Å². The van der Waals surface area contributed by atoms with E-state index in [0.29, 0.717) is 12.2 Å². The highest BCUT2D eigenvalue weighted by molar-refractivity contribution is 9.10. The van der Waals surface area contributed by atoms with Gasteiger partial charge < -0.3 is 15.7 Å². The van der Waals surface area contributed by atoms with Crippen molar-refractivity contribution < 1.29 is 9.94 Å². The molecule has 2 rings (SSSR count). The third-order valence-corrected chi connectivity index (χ3v) is 3.57. The topological polar surface area (TPSA) is 80.7 Å². The van der Waals surface area contributed by atoms with E-state index in [1.807, 2.05) is 12.1 Å². The Kier molecular flexibility index (Phi) is 5.57. The Hall–Kier alpha value is -2.08. The summed E-state index contributed by atoms with van der Waals surface area (Å²) in [6.07, 6.45) is 5.44. The maximum Gasteiger partial charge on any atom is 0.170 e. The molecule has 1 heterocycles. The van der Waals surface area contributed by atoms with Gasteiger partial charge in [-0.2, -0.15) is 0 Å². The fraction of sp³-hybridized carbons (Fsp3) is 0.200. The van der Waals surface area contributed by atoms with Crippen LogP contribution in [0, 0.1) is 0 Å². The zero-order valence-electron chi connectivity index (χ0n) is 11.4. The molecule has 0 saturated carbocycles. The van der Waals surface area contributed by atoms with Crippen LogP contribution in [0.25, 0.3) is 0 Å². The molecule has 0 amide bonds.